The number of aromatic amines is 1. The first-order valence-corrected chi connectivity index (χ1v) is 7.83. The lowest BCUT2D eigenvalue weighted by atomic mass is 10.1. The molecule has 2 heterocycles. The lowest BCUT2D eigenvalue weighted by molar-refractivity contribution is 0.0950. The third-order valence-corrected chi connectivity index (χ3v) is 3.65. The Balaban J connectivity index is 1.64. The van der Waals surface area contributed by atoms with E-state index in [9.17, 15) is 4.79 Å². The number of aryl methyl sites for hydroxylation is 1. The highest BCUT2D eigenvalue weighted by atomic mass is 16.5. The second-order valence-electron chi connectivity index (χ2n) is 5.49. The fourth-order valence-corrected chi connectivity index (χ4v) is 2.41. The number of pyridine rings is 1. The molecule has 0 bridgehead atoms. The van der Waals surface area contributed by atoms with E-state index < -0.39 is 0 Å². The first kappa shape index (κ1) is 16.8. The Morgan fingerprint density at radius 3 is 2.96 bits per heavy atom. The first-order chi connectivity index (χ1) is 12.2. The van der Waals surface area contributed by atoms with Crippen LogP contribution in [0.15, 0.2) is 30.5 Å². The highest BCUT2D eigenvalue weighted by Gasteiger charge is 2.11. The van der Waals surface area contributed by atoms with E-state index in [1.807, 2.05) is 6.92 Å². The third-order valence-electron chi connectivity index (χ3n) is 3.65. The Morgan fingerprint density at radius 2 is 2.12 bits per heavy atom. The normalized spacial score (nSPS) is 10.8. The van der Waals surface area contributed by atoms with Crippen molar-refractivity contribution in [3.63, 3.8) is 0 Å². The molecule has 0 aliphatic carbocycles. The minimum absolute atomic E-state index is 0.194. The van der Waals surface area contributed by atoms with Gasteiger partial charge in [0, 0.05) is 24.9 Å². The monoisotopic (exact) mass is 341 g/mol. The number of H-pyrrole nitrogens is 1. The molecule has 8 nitrogen and oxygen atoms in total. The number of carbonyl (C=O) groups excluding carboxylic acids is 1. The van der Waals surface area contributed by atoms with Gasteiger partial charge in [0.1, 0.15) is 23.4 Å². The van der Waals surface area contributed by atoms with Crippen molar-refractivity contribution in [3.8, 4) is 5.75 Å². The smallest absolute Gasteiger partial charge is 0.251 e. The van der Waals surface area contributed by atoms with Crippen LogP contribution >= 0.6 is 0 Å². The number of ether oxygens (including phenoxy) is 2. The number of nitrogens with one attached hydrogen (secondary N) is 2. The Morgan fingerprint density at radius 1 is 1.24 bits per heavy atom. The summed E-state index contributed by atoms with van der Waals surface area (Å²) < 4.78 is 10.5. The van der Waals surface area contributed by atoms with E-state index in [1.54, 1.807) is 37.6 Å². The minimum Gasteiger partial charge on any atom is -0.491 e. The number of hydrogen-bond donors (Lipinski definition) is 2. The SMILES string of the molecule is COCCOc1ccnc(CNC(=O)c2cc(C)c3n[nH]nc3c2)c1. The van der Waals surface area contributed by atoms with Gasteiger partial charge in [-0.2, -0.15) is 15.4 Å². The molecule has 0 fully saturated rings. The molecule has 3 aromatic rings. The van der Waals surface area contributed by atoms with Crippen molar-refractivity contribution >= 4 is 16.9 Å². The fourth-order valence-electron chi connectivity index (χ4n) is 2.41. The van der Waals surface area contributed by atoms with Crippen LogP contribution in [-0.2, 0) is 11.3 Å². The summed E-state index contributed by atoms with van der Waals surface area (Å²) in [4.78, 5) is 16.6. The van der Waals surface area contributed by atoms with Crippen molar-refractivity contribution in [1.82, 2.24) is 25.7 Å². The van der Waals surface area contributed by atoms with Gasteiger partial charge in [-0.25, -0.2) is 0 Å². The standard InChI is InChI=1S/C17H19N5O3/c1-11-7-12(8-15-16(11)21-22-20-15)17(23)19-10-13-9-14(3-4-18-13)25-6-5-24-2/h3-4,7-9H,5-6,10H2,1-2H3,(H,19,23)(H,20,21,22). The topological polar surface area (TPSA) is 102 Å². The molecule has 2 N–H and O–H groups in total. The molecular weight excluding hydrogens is 322 g/mol. The van der Waals surface area contributed by atoms with Crippen LogP contribution in [0.1, 0.15) is 21.6 Å². The van der Waals surface area contributed by atoms with Gasteiger partial charge in [0.25, 0.3) is 5.91 Å². The quantitative estimate of drug-likeness (QED) is 0.633. The molecule has 3 rings (SSSR count). The molecule has 0 aliphatic heterocycles. The first-order valence-electron chi connectivity index (χ1n) is 7.83. The molecule has 0 spiro atoms. The zero-order chi connectivity index (χ0) is 17.6. The van der Waals surface area contributed by atoms with Crippen molar-refractivity contribution in [3.05, 3.63) is 47.3 Å². The number of aromatic nitrogens is 4. The van der Waals surface area contributed by atoms with Crippen LogP contribution in [-0.4, -0.2) is 46.6 Å². The number of methoxy groups -OCH3 is 1. The average Bonchev–Trinajstić information content (AvgIpc) is 3.09. The van der Waals surface area contributed by atoms with Gasteiger partial charge in [-0.1, -0.05) is 0 Å². The average molecular weight is 341 g/mol. The maximum atomic E-state index is 12.4. The van der Waals surface area contributed by atoms with E-state index in [0.717, 1.165) is 11.1 Å². The minimum atomic E-state index is -0.194. The van der Waals surface area contributed by atoms with E-state index >= 15 is 0 Å². The van der Waals surface area contributed by atoms with Crippen LogP contribution in [0.4, 0.5) is 0 Å². The van der Waals surface area contributed by atoms with Crippen LogP contribution in [0.2, 0.25) is 0 Å². The summed E-state index contributed by atoms with van der Waals surface area (Å²) >= 11 is 0. The molecule has 8 heteroatoms. The summed E-state index contributed by atoms with van der Waals surface area (Å²) in [6.07, 6.45) is 1.65. The van der Waals surface area contributed by atoms with Crippen molar-refractivity contribution in [2.24, 2.45) is 0 Å². The van der Waals surface area contributed by atoms with Gasteiger partial charge in [0.05, 0.1) is 18.8 Å². The largest absolute Gasteiger partial charge is 0.491 e. The van der Waals surface area contributed by atoms with Crippen LogP contribution < -0.4 is 10.1 Å². The second-order valence-corrected chi connectivity index (χ2v) is 5.49. The molecular formula is C17H19N5O3. The maximum absolute atomic E-state index is 12.4. The van der Waals surface area contributed by atoms with Gasteiger partial charge in [-0.05, 0) is 30.7 Å². The molecule has 2 aromatic heterocycles. The molecule has 1 amide bonds. The maximum Gasteiger partial charge on any atom is 0.251 e. The van der Waals surface area contributed by atoms with Gasteiger partial charge >= 0.3 is 0 Å². The summed E-state index contributed by atoms with van der Waals surface area (Å²) in [5, 5.41) is 13.5. The van der Waals surface area contributed by atoms with Crippen LogP contribution in [0.25, 0.3) is 11.0 Å². The number of carbonyl (C=O) groups is 1. The van der Waals surface area contributed by atoms with Crippen LogP contribution in [0.5, 0.6) is 5.75 Å². The summed E-state index contributed by atoms with van der Waals surface area (Å²) in [6.45, 7) is 3.17. The zero-order valence-corrected chi connectivity index (χ0v) is 14.1. The number of benzene rings is 1. The van der Waals surface area contributed by atoms with E-state index in [2.05, 4.69) is 25.7 Å². The predicted octanol–water partition coefficient (Wildman–Crippen LogP) is 1.62. The number of nitrogens with zero attached hydrogens (tertiary/aromatic N) is 3. The Bertz CT molecular complexity index is 878. The lowest BCUT2D eigenvalue weighted by Gasteiger charge is -2.08. The molecule has 1 aromatic carbocycles. The lowest BCUT2D eigenvalue weighted by Crippen LogP contribution is -2.23. The fraction of sp³-hybridized carbons (Fsp3) is 0.294. The summed E-state index contributed by atoms with van der Waals surface area (Å²) in [6, 6.07) is 7.06. The molecule has 0 radical (unpaired) electrons. The van der Waals surface area contributed by atoms with Crippen molar-refractivity contribution < 1.29 is 14.3 Å². The Kier molecular flexibility index (Phi) is 5.20. The summed E-state index contributed by atoms with van der Waals surface area (Å²) in [5.41, 5.74) is 3.56. The third kappa shape index (κ3) is 4.10. The van der Waals surface area contributed by atoms with Gasteiger partial charge in [-0.3, -0.25) is 9.78 Å². The second kappa shape index (κ2) is 7.71. The number of fused-ring (bicyclic) bond motifs is 1. The van der Waals surface area contributed by atoms with Crippen molar-refractivity contribution in [2.45, 2.75) is 13.5 Å². The molecule has 0 saturated heterocycles. The summed E-state index contributed by atoms with van der Waals surface area (Å²) in [7, 11) is 1.62. The number of hydrogen-bond acceptors (Lipinski definition) is 6. The van der Waals surface area contributed by atoms with Gasteiger partial charge in [0.2, 0.25) is 0 Å². The van der Waals surface area contributed by atoms with E-state index in [0.29, 0.717) is 42.3 Å². The van der Waals surface area contributed by atoms with Crippen molar-refractivity contribution in [1.29, 1.82) is 0 Å². The van der Waals surface area contributed by atoms with Crippen LogP contribution in [0, 0.1) is 6.92 Å². The van der Waals surface area contributed by atoms with Crippen molar-refractivity contribution in [2.75, 3.05) is 20.3 Å². The molecule has 0 unspecified atom stereocenters. The van der Waals surface area contributed by atoms with E-state index in [-0.39, 0.29) is 5.91 Å². The Labute approximate surface area is 144 Å². The van der Waals surface area contributed by atoms with Gasteiger partial charge in [0.15, 0.2) is 0 Å². The molecule has 25 heavy (non-hydrogen) atoms. The van der Waals surface area contributed by atoms with E-state index in [1.165, 1.54) is 0 Å². The number of amides is 1. The molecule has 130 valence electrons. The zero-order valence-electron chi connectivity index (χ0n) is 14.1. The van der Waals surface area contributed by atoms with Gasteiger partial charge in [-0.15, -0.1) is 0 Å². The van der Waals surface area contributed by atoms with E-state index in [4.69, 9.17) is 9.47 Å². The molecule has 0 atom stereocenters. The number of rotatable bonds is 7. The highest BCUT2D eigenvalue weighted by Crippen LogP contribution is 2.16. The molecule has 0 saturated carbocycles. The summed E-state index contributed by atoms with van der Waals surface area (Å²) in [5.74, 6) is 0.497. The Hall–Kier alpha value is -3.00. The molecule has 0 aliphatic rings. The van der Waals surface area contributed by atoms with Gasteiger partial charge < -0.3 is 14.8 Å². The highest BCUT2D eigenvalue weighted by molar-refractivity contribution is 5.97. The predicted molar refractivity (Wildman–Crippen MR) is 91.4 cm³/mol. The van der Waals surface area contributed by atoms with Crippen LogP contribution in [0.3, 0.4) is 0 Å².